The van der Waals surface area contributed by atoms with E-state index in [1.165, 1.54) is 6.08 Å². The number of amides is 1. The standard InChI is InChI=1S/C19H17N3O4S/c1-2-26-18(25)16-13(23)7-12-15(17(24)22-19(27)21-12)14(16)10-8-20-11-6-4-3-5-9(10)11/h3-8,14-16,20H,2H2,1H3,(H2,21,22,24,27). The number of nitrogens with one attached hydrogen (secondary N) is 3. The molecule has 27 heavy (non-hydrogen) atoms. The highest BCUT2D eigenvalue weighted by Crippen LogP contribution is 2.44. The molecular formula is C19H17N3O4S. The first-order valence-corrected chi connectivity index (χ1v) is 9.02. The zero-order chi connectivity index (χ0) is 19.1. The molecule has 0 spiro atoms. The van der Waals surface area contributed by atoms with Gasteiger partial charge in [0.25, 0.3) is 0 Å². The van der Waals surface area contributed by atoms with E-state index in [0.717, 1.165) is 16.5 Å². The van der Waals surface area contributed by atoms with Gasteiger partial charge in [-0.15, -0.1) is 0 Å². The van der Waals surface area contributed by atoms with Crippen molar-refractivity contribution in [3.63, 3.8) is 0 Å². The van der Waals surface area contributed by atoms with Crippen LogP contribution in [0.4, 0.5) is 0 Å². The number of carbonyl (C=O) groups is 3. The number of carbonyl (C=O) groups excluding carboxylic acids is 3. The Labute approximate surface area is 160 Å². The summed E-state index contributed by atoms with van der Waals surface area (Å²) in [5, 5.41) is 6.47. The molecule has 2 aromatic rings. The van der Waals surface area contributed by atoms with Crippen molar-refractivity contribution in [2.45, 2.75) is 12.8 Å². The summed E-state index contributed by atoms with van der Waals surface area (Å²) < 4.78 is 5.15. The maximum atomic E-state index is 12.8. The smallest absolute Gasteiger partial charge is 0.317 e. The van der Waals surface area contributed by atoms with Gasteiger partial charge in [-0.2, -0.15) is 0 Å². The average Bonchev–Trinajstić information content (AvgIpc) is 3.04. The van der Waals surface area contributed by atoms with Gasteiger partial charge < -0.3 is 20.4 Å². The summed E-state index contributed by atoms with van der Waals surface area (Å²) in [6.07, 6.45) is 3.04. The van der Waals surface area contributed by atoms with E-state index in [0.29, 0.717) is 5.70 Å². The van der Waals surface area contributed by atoms with Crippen molar-refractivity contribution in [3.05, 3.63) is 47.8 Å². The largest absolute Gasteiger partial charge is 0.465 e. The van der Waals surface area contributed by atoms with Crippen LogP contribution < -0.4 is 10.6 Å². The molecule has 2 heterocycles. The Morgan fingerprint density at radius 1 is 1.22 bits per heavy atom. The van der Waals surface area contributed by atoms with Crippen LogP contribution in [0, 0.1) is 11.8 Å². The normalized spacial score (nSPS) is 24.7. The highest BCUT2D eigenvalue weighted by atomic mass is 32.1. The number of H-pyrrole nitrogens is 1. The third kappa shape index (κ3) is 2.82. The maximum absolute atomic E-state index is 12.8. The summed E-state index contributed by atoms with van der Waals surface area (Å²) in [7, 11) is 0. The first-order valence-electron chi connectivity index (χ1n) is 8.61. The molecule has 3 atom stereocenters. The van der Waals surface area contributed by atoms with Crippen LogP contribution in [-0.4, -0.2) is 34.4 Å². The Bertz CT molecular complexity index is 1010. The Morgan fingerprint density at radius 2 is 2.00 bits per heavy atom. The first-order chi connectivity index (χ1) is 13.0. The number of aromatic nitrogens is 1. The monoisotopic (exact) mass is 383 g/mol. The summed E-state index contributed by atoms with van der Waals surface area (Å²) in [5.74, 6) is -3.93. The minimum absolute atomic E-state index is 0.141. The molecule has 1 saturated heterocycles. The van der Waals surface area contributed by atoms with Gasteiger partial charge in [0.2, 0.25) is 5.91 Å². The molecule has 3 N–H and O–H groups in total. The zero-order valence-corrected chi connectivity index (χ0v) is 15.3. The minimum Gasteiger partial charge on any atom is -0.465 e. The number of hydrogen-bond acceptors (Lipinski definition) is 5. The van der Waals surface area contributed by atoms with Gasteiger partial charge >= 0.3 is 5.97 Å². The SMILES string of the molecule is CCOC(=O)C1C(=O)C=C2NC(=S)NC(=O)C2C1c1c[nH]c2ccccc12. The number of para-hydroxylation sites is 1. The highest BCUT2D eigenvalue weighted by Gasteiger charge is 2.50. The minimum atomic E-state index is -1.10. The molecule has 138 valence electrons. The summed E-state index contributed by atoms with van der Waals surface area (Å²) in [6, 6.07) is 7.55. The molecule has 1 fully saturated rings. The molecule has 0 bridgehead atoms. The number of aromatic amines is 1. The molecule has 8 heteroatoms. The highest BCUT2D eigenvalue weighted by molar-refractivity contribution is 7.80. The fourth-order valence-electron chi connectivity index (χ4n) is 3.89. The molecule has 1 aromatic carbocycles. The number of allylic oxidation sites excluding steroid dienone is 1. The van der Waals surface area contributed by atoms with E-state index < -0.39 is 29.5 Å². The predicted molar refractivity (Wildman–Crippen MR) is 102 cm³/mol. The second kappa shape index (κ2) is 6.62. The van der Waals surface area contributed by atoms with Crippen LogP contribution in [0.1, 0.15) is 18.4 Å². The van der Waals surface area contributed by atoms with E-state index in [2.05, 4.69) is 15.6 Å². The Kier molecular flexibility index (Phi) is 4.27. The average molecular weight is 383 g/mol. The van der Waals surface area contributed by atoms with Crippen molar-refractivity contribution in [3.8, 4) is 0 Å². The van der Waals surface area contributed by atoms with E-state index in [-0.39, 0.29) is 17.6 Å². The molecule has 0 radical (unpaired) electrons. The van der Waals surface area contributed by atoms with E-state index in [1.807, 2.05) is 24.3 Å². The van der Waals surface area contributed by atoms with Gasteiger partial charge in [0.15, 0.2) is 10.9 Å². The summed E-state index contributed by atoms with van der Waals surface area (Å²) >= 11 is 5.04. The number of benzene rings is 1. The fraction of sp³-hybridized carbons (Fsp3) is 0.263. The Morgan fingerprint density at radius 3 is 2.78 bits per heavy atom. The second-order valence-electron chi connectivity index (χ2n) is 6.47. The van der Waals surface area contributed by atoms with Crippen LogP contribution in [-0.2, 0) is 19.1 Å². The lowest BCUT2D eigenvalue weighted by molar-refractivity contribution is -0.152. The van der Waals surface area contributed by atoms with Crippen molar-refractivity contribution in [2.75, 3.05) is 6.61 Å². The van der Waals surface area contributed by atoms with Crippen LogP contribution in [0.2, 0.25) is 0 Å². The van der Waals surface area contributed by atoms with Gasteiger partial charge in [0.1, 0.15) is 5.92 Å². The maximum Gasteiger partial charge on any atom is 0.317 e. The lowest BCUT2D eigenvalue weighted by Gasteiger charge is -2.38. The molecule has 3 unspecified atom stereocenters. The Balaban J connectivity index is 1.91. The number of esters is 1. The predicted octanol–water partition coefficient (Wildman–Crippen LogP) is 1.52. The molecule has 4 rings (SSSR count). The van der Waals surface area contributed by atoms with Crippen LogP contribution in [0.15, 0.2) is 42.2 Å². The van der Waals surface area contributed by atoms with Crippen molar-refractivity contribution >= 4 is 45.9 Å². The van der Waals surface area contributed by atoms with Crippen molar-refractivity contribution in [2.24, 2.45) is 11.8 Å². The molecular weight excluding hydrogens is 366 g/mol. The number of ketones is 1. The van der Waals surface area contributed by atoms with E-state index in [9.17, 15) is 14.4 Å². The third-order valence-corrected chi connectivity index (χ3v) is 5.16. The van der Waals surface area contributed by atoms with Gasteiger partial charge in [0, 0.05) is 34.8 Å². The summed E-state index contributed by atoms with van der Waals surface area (Å²) in [6.45, 7) is 1.83. The third-order valence-electron chi connectivity index (χ3n) is 4.96. The number of hydrogen-bond donors (Lipinski definition) is 3. The van der Waals surface area contributed by atoms with Gasteiger partial charge in [-0.1, -0.05) is 18.2 Å². The topological polar surface area (TPSA) is 100 Å². The zero-order valence-electron chi connectivity index (χ0n) is 14.4. The van der Waals surface area contributed by atoms with Gasteiger partial charge in [-0.05, 0) is 30.8 Å². The van der Waals surface area contributed by atoms with E-state index in [1.54, 1.807) is 13.1 Å². The number of rotatable bonds is 3. The molecule has 1 aliphatic heterocycles. The molecule has 1 aromatic heterocycles. The summed E-state index contributed by atoms with van der Waals surface area (Å²) in [5.41, 5.74) is 1.99. The van der Waals surface area contributed by atoms with Gasteiger partial charge in [-0.3, -0.25) is 14.4 Å². The van der Waals surface area contributed by atoms with Gasteiger partial charge in [-0.25, -0.2) is 0 Å². The molecule has 2 aliphatic rings. The second-order valence-corrected chi connectivity index (χ2v) is 6.88. The van der Waals surface area contributed by atoms with Crippen molar-refractivity contribution in [1.82, 2.24) is 15.6 Å². The fourth-order valence-corrected chi connectivity index (χ4v) is 4.11. The lowest BCUT2D eigenvalue weighted by atomic mass is 9.69. The molecule has 1 aliphatic carbocycles. The first kappa shape index (κ1) is 17.4. The van der Waals surface area contributed by atoms with Crippen molar-refractivity contribution in [1.29, 1.82) is 0 Å². The van der Waals surface area contributed by atoms with E-state index in [4.69, 9.17) is 17.0 Å². The van der Waals surface area contributed by atoms with Crippen LogP contribution in [0.5, 0.6) is 0 Å². The summed E-state index contributed by atoms with van der Waals surface area (Å²) in [4.78, 5) is 41.4. The lowest BCUT2D eigenvalue weighted by Crippen LogP contribution is -2.56. The quantitative estimate of drug-likeness (QED) is 0.422. The van der Waals surface area contributed by atoms with Crippen LogP contribution >= 0.6 is 12.2 Å². The van der Waals surface area contributed by atoms with Crippen LogP contribution in [0.25, 0.3) is 10.9 Å². The van der Waals surface area contributed by atoms with Crippen molar-refractivity contribution < 1.29 is 19.1 Å². The number of ether oxygens (including phenoxy) is 1. The number of fused-ring (bicyclic) bond motifs is 2. The van der Waals surface area contributed by atoms with E-state index >= 15 is 0 Å². The molecule has 1 amide bonds. The Hall–Kier alpha value is -3.00. The number of thiocarbonyl (C=S) groups is 1. The molecule has 0 saturated carbocycles. The van der Waals surface area contributed by atoms with Gasteiger partial charge in [0.05, 0.1) is 12.5 Å². The van der Waals surface area contributed by atoms with Crippen LogP contribution in [0.3, 0.4) is 0 Å². The molecule has 7 nitrogen and oxygen atoms in total.